The van der Waals surface area contributed by atoms with Crippen molar-refractivity contribution in [3.8, 4) is 5.75 Å². The van der Waals surface area contributed by atoms with E-state index in [0.29, 0.717) is 28.7 Å². The van der Waals surface area contributed by atoms with Crippen LogP contribution in [0.1, 0.15) is 83.0 Å². The molecular weight excluding hydrogens is 368 g/mol. The third kappa shape index (κ3) is 7.42. The van der Waals surface area contributed by atoms with Crippen LogP contribution in [0.2, 0.25) is 0 Å². The van der Waals surface area contributed by atoms with Crippen LogP contribution in [0.4, 0.5) is 0 Å². The Morgan fingerprint density at radius 1 is 1.11 bits per heavy atom. The van der Waals surface area contributed by atoms with Crippen molar-refractivity contribution in [3.05, 3.63) is 29.8 Å². The maximum Gasteiger partial charge on any atom is 0.257 e. The monoisotopic (exact) mass is 404 g/mol. The van der Waals surface area contributed by atoms with E-state index in [1.807, 2.05) is 12.1 Å². The molecule has 0 heterocycles. The Balaban J connectivity index is 1.74. The molecule has 4 nitrogen and oxygen atoms in total. The Morgan fingerprint density at radius 2 is 1.75 bits per heavy atom. The molecule has 1 aromatic carbocycles. The number of hydrogen-bond acceptors (Lipinski definition) is 3. The third-order valence-electron chi connectivity index (χ3n) is 5.65. The minimum atomic E-state index is -0.182. The second-order valence-electron chi connectivity index (χ2n) is 8.92. The Labute approximate surface area is 175 Å². The molecule has 0 saturated heterocycles. The van der Waals surface area contributed by atoms with Crippen LogP contribution in [0.5, 0.6) is 5.75 Å². The van der Waals surface area contributed by atoms with Crippen molar-refractivity contribution in [1.82, 2.24) is 10.6 Å². The lowest BCUT2D eigenvalue weighted by Crippen LogP contribution is -2.46. The summed E-state index contributed by atoms with van der Waals surface area (Å²) >= 11 is 5.35. The summed E-state index contributed by atoms with van der Waals surface area (Å²) in [6.07, 6.45) is 8.01. The van der Waals surface area contributed by atoms with Gasteiger partial charge < -0.3 is 10.1 Å². The molecule has 1 saturated carbocycles. The van der Waals surface area contributed by atoms with Gasteiger partial charge in [-0.1, -0.05) is 40.5 Å². The highest BCUT2D eigenvalue weighted by Gasteiger charge is 2.29. The predicted octanol–water partition coefficient (Wildman–Crippen LogP) is 5.46. The van der Waals surface area contributed by atoms with Crippen molar-refractivity contribution in [3.63, 3.8) is 0 Å². The van der Waals surface area contributed by atoms with Gasteiger partial charge in [-0.05, 0) is 79.9 Å². The van der Waals surface area contributed by atoms with Gasteiger partial charge in [0.15, 0.2) is 5.11 Å². The fraction of sp³-hybridized carbons (Fsp3) is 0.652. The average molecular weight is 405 g/mol. The SMILES string of the molecule is CCCCCOc1ccc(C(=O)NC(=S)NC2CCC(C(C)(C)C)CC2)cc1. The lowest BCUT2D eigenvalue weighted by Gasteiger charge is -2.37. The van der Waals surface area contributed by atoms with Crippen molar-refractivity contribution in [2.24, 2.45) is 11.3 Å². The Morgan fingerprint density at radius 3 is 2.32 bits per heavy atom. The first-order chi connectivity index (χ1) is 13.3. The normalized spacial score (nSPS) is 19.7. The molecule has 1 fully saturated rings. The minimum Gasteiger partial charge on any atom is -0.494 e. The summed E-state index contributed by atoms with van der Waals surface area (Å²) in [7, 11) is 0. The molecule has 5 heteroatoms. The summed E-state index contributed by atoms with van der Waals surface area (Å²) in [4.78, 5) is 12.4. The number of rotatable bonds is 7. The van der Waals surface area contributed by atoms with Crippen LogP contribution in [0.15, 0.2) is 24.3 Å². The average Bonchev–Trinajstić information content (AvgIpc) is 2.65. The van der Waals surface area contributed by atoms with E-state index < -0.39 is 0 Å². The lowest BCUT2D eigenvalue weighted by molar-refractivity contribution is 0.0976. The second-order valence-corrected chi connectivity index (χ2v) is 9.33. The quantitative estimate of drug-likeness (QED) is 0.468. The van der Waals surface area contributed by atoms with Gasteiger partial charge in [-0.25, -0.2) is 0 Å². The predicted molar refractivity (Wildman–Crippen MR) is 120 cm³/mol. The Hall–Kier alpha value is -1.62. The van der Waals surface area contributed by atoms with Crippen molar-refractivity contribution in [2.45, 2.75) is 78.7 Å². The molecule has 0 radical (unpaired) electrons. The van der Waals surface area contributed by atoms with E-state index >= 15 is 0 Å². The smallest absolute Gasteiger partial charge is 0.257 e. The zero-order valence-corrected chi connectivity index (χ0v) is 18.7. The standard InChI is InChI=1S/C23H36N2O2S/c1-5-6-7-16-27-20-14-8-17(9-15-20)21(26)25-22(28)24-19-12-10-18(11-13-19)23(2,3)4/h8-9,14-15,18-19H,5-7,10-13,16H2,1-4H3,(H2,24,25,26,28). The van der Waals surface area contributed by atoms with Crippen molar-refractivity contribution in [1.29, 1.82) is 0 Å². The van der Waals surface area contributed by atoms with Gasteiger partial charge in [0, 0.05) is 11.6 Å². The number of ether oxygens (including phenoxy) is 1. The molecule has 0 spiro atoms. The number of hydrogen-bond donors (Lipinski definition) is 2. The fourth-order valence-corrected chi connectivity index (χ4v) is 4.00. The molecule has 0 bridgehead atoms. The molecule has 0 aliphatic heterocycles. The topological polar surface area (TPSA) is 50.4 Å². The first-order valence-electron chi connectivity index (χ1n) is 10.6. The summed E-state index contributed by atoms with van der Waals surface area (Å²) in [5.41, 5.74) is 0.951. The van der Waals surface area contributed by atoms with Crippen molar-refractivity contribution in [2.75, 3.05) is 6.61 Å². The molecule has 2 N–H and O–H groups in total. The van der Waals surface area contributed by atoms with Gasteiger partial charge in [0.05, 0.1) is 6.61 Å². The van der Waals surface area contributed by atoms with Crippen LogP contribution < -0.4 is 15.4 Å². The molecule has 1 aliphatic carbocycles. The number of unbranched alkanes of at least 4 members (excludes halogenated alkanes) is 2. The van der Waals surface area contributed by atoms with Gasteiger partial charge in [0.25, 0.3) is 5.91 Å². The van der Waals surface area contributed by atoms with Gasteiger partial charge in [0.2, 0.25) is 0 Å². The lowest BCUT2D eigenvalue weighted by atomic mass is 9.71. The summed E-state index contributed by atoms with van der Waals surface area (Å²) in [5.74, 6) is 1.37. The summed E-state index contributed by atoms with van der Waals surface area (Å²) < 4.78 is 5.69. The Kier molecular flexibility index (Phi) is 8.74. The summed E-state index contributed by atoms with van der Waals surface area (Å²) in [6.45, 7) is 9.84. The van der Waals surface area contributed by atoms with E-state index in [-0.39, 0.29) is 5.91 Å². The second kappa shape index (κ2) is 10.8. The number of amides is 1. The molecule has 28 heavy (non-hydrogen) atoms. The molecule has 1 aromatic rings. The first-order valence-corrected chi connectivity index (χ1v) is 11.0. The maximum atomic E-state index is 12.4. The molecule has 0 aromatic heterocycles. The molecule has 156 valence electrons. The molecule has 1 amide bonds. The molecule has 2 rings (SSSR count). The van der Waals surface area contributed by atoms with Crippen LogP contribution >= 0.6 is 12.2 Å². The number of nitrogens with one attached hydrogen (secondary N) is 2. The molecular formula is C23H36N2O2S. The molecule has 0 atom stereocenters. The number of thiocarbonyl (C=S) groups is 1. The largest absolute Gasteiger partial charge is 0.494 e. The van der Waals surface area contributed by atoms with Gasteiger partial charge in [-0.15, -0.1) is 0 Å². The fourth-order valence-electron chi connectivity index (χ4n) is 3.75. The van der Waals surface area contributed by atoms with Crippen LogP contribution in [0.25, 0.3) is 0 Å². The van der Waals surface area contributed by atoms with E-state index in [2.05, 4.69) is 38.3 Å². The Bertz CT molecular complexity index is 629. The molecule has 1 aliphatic rings. The highest BCUT2D eigenvalue weighted by atomic mass is 32.1. The first kappa shape index (κ1) is 22.7. The minimum absolute atomic E-state index is 0.182. The highest BCUT2D eigenvalue weighted by Crippen LogP contribution is 2.37. The highest BCUT2D eigenvalue weighted by molar-refractivity contribution is 7.80. The van der Waals surface area contributed by atoms with Crippen LogP contribution in [-0.4, -0.2) is 23.7 Å². The maximum absolute atomic E-state index is 12.4. The van der Waals surface area contributed by atoms with Gasteiger partial charge in [-0.2, -0.15) is 0 Å². The van der Waals surface area contributed by atoms with Crippen molar-refractivity contribution >= 4 is 23.2 Å². The zero-order valence-electron chi connectivity index (χ0n) is 17.8. The third-order valence-corrected chi connectivity index (χ3v) is 5.87. The van der Waals surface area contributed by atoms with E-state index in [1.54, 1.807) is 12.1 Å². The number of benzene rings is 1. The summed E-state index contributed by atoms with van der Waals surface area (Å²) in [5, 5.41) is 6.54. The van der Waals surface area contributed by atoms with Crippen LogP contribution in [0, 0.1) is 11.3 Å². The van der Waals surface area contributed by atoms with E-state index in [0.717, 1.165) is 30.9 Å². The van der Waals surface area contributed by atoms with E-state index in [1.165, 1.54) is 25.7 Å². The zero-order chi connectivity index (χ0) is 20.6. The molecule has 0 unspecified atom stereocenters. The number of carbonyl (C=O) groups is 1. The van der Waals surface area contributed by atoms with Crippen LogP contribution in [0.3, 0.4) is 0 Å². The van der Waals surface area contributed by atoms with E-state index in [9.17, 15) is 4.79 Å². The van der Waals surface area contributed by atoms with Gasteiger partial charge in [-0.3, -0.25) is 10.1 Å². The van der Waals surface area contributed by atoms with Gasteiger partial charge in [0.1, 0.15) is 5.75 Å². The van der Waals surface area contributed by atoms with E-state index in [4.69, 9.17) is 17.0 Å². The summed E-state index contributed by atoms with van der Waals surface area (Å²) in [6, 6.07) is 7.59. The van der Waals surface area contributed by atoms with Gasteiger partial charge >= 0.3 is 0 Å². The van der Waals surface area contributed by atoms with Crippen molar-refractivity contribution < 1.29 is 9.53 Å². The van der Waals surface area contributed by atoms with Crippen LogP contribution in [-0.2, 0) is 0 Å². The number of carbonyl (C=O) groups excluding carboxylic acids is 1.